The quantitative estimate of drug-likeness (QED) is 0.410. The predicted octanol–water partition coefficient (Wildman–Crippen LogP) is 3.05. The van der Waals surface area contributed by atoms with Crippen LogP contribution in [0.1, 0.15) is 29.8 Å². The molecular weight excluding hydrogens is 330 g/mol. The van der Waals surface area contributed by atoms with E-state index in [4.69, 9.17) is 0 Å². The fourth-order valence-electron chi connectivity index (χ4n) is 2.59. The topological polar surface area (TPSA) is 54.2 Å². The lowest BCUT2D eigenvalue weighted by molar-refractivity contribution is 0.731. The summed E-state index contributed by atoms with van der Waals surface area (Å²) < 4.78 is 2.15. The molecule has 2 rings (SSSR count). The molecule has 0 saturated carbocycles. The summed E-state index contributed by atoms with van der Waals surface area (Å²) in [6.07, 6.45) is 8.41. The Bertz CT molecular complexity index is 665. The second-order valence-corrected chi connectivity index (χ2v) is 6.96. The number of hydrogen-bond donors (Lipinski definition) is 2. The van der Waals surface area contributed by atoms with Gasteiger partial charge in [-0.25, -0.2) is 4.98 Å². The molecule has 0 aliphatic heterocycles. The van der Waals surface area contributed by atoms with E-state index >= 15 is 0 Å². The first kappa shape index (κ1) is 19.4. The first-order valence-electron chi connectivity index (χ1n) is 8.72. The van der Waals surface area contributed by atoms with Crippen molar-refractivity contribution in [3.05, 3.63) is 53.6 Å². The van der Waals surface area contributed by atoms with Gasteiger partial charge in [-0.05, 0) is 42.9 Å². The van der Waals surface area contributed by atoms with Crippen molar-refractivity contribution in [3.8, 4) is 0 Å². The second kappa shape index (κ2) is 10.8. The number of imidazole rings is 1. The molecule has 0 amide bonds. The summed E-state index contributed by atoms with van der Waals surface area (Å²) in [7, 11) is 1.81. The number of nitrogens with zero attached hydrogens (tertiary/aromatic N) is 3. The minimum Gasteiger partial charge on any atom is -0.356 e. The van der Waals surface area contributed by atoms with Crippen LogP contribution in [0.3, 0.4) is 0 Å². The number of aryl methyl sites for hydroxylation is 1. The average molecular weight is 360 g/mol. The van der Waals surface area contributed by atoms with Crippen molar-refractivity contribution >= 4 is 17.7 Å². The highest BCUT2D eigenvalue weighted by Crippen LogP contribution is 2.08. The molecule has 0 aliphatic carbocycles. The van der Waals surface area contributed by atoms with Crippen molar-refractivity contribution in [2.24, 2.45) is 4.99 Å². The zero-order chi connectivity index (χ0) is 17.9. The summed E-state index contributed by atoms with van der Waals surface area (Å²) in [4.78, 5) is 8.57. The van der Waals surface area contributed by atoms with E-state index in [1.165, 1.54) is 29.7 Å². The van der Waals surface area contributed by atoms with Gasteiger partial charge >= 0.3 is 0 Å². The SMILES string of the molecule is CN=C(NCCCCSC)NCc1cccc(Cn2ccnc2C)c1. The highest BCUT2D eigenvalue weighted by Gasteiger charge is 2.02. The fourth-order valence-corrected chi connectivity index (χ4v) is 3.08. The monoisotopic (exact) mass is 359 g/mol. The lowest BCUT2D eigenvalue weighted by Crippen LogP contribution is -2.37. The maximum atomic E-state index is 4.29. The summed E-state index contributed by atoms with van der Waals surface area (Å²) in [6, 6.07) is 8.64. The third-order valence-electron chi connectivity index (χ3n) is 4.02. The molecule has 1 aromatic carbocycles. The van der Waals surface area contributed by atoms with E-state index in [1.54, 1.807) is 0 Å². The highest BCUT2D eigenvalue weighted by molar-refractivity contribution is 7.98. The molecule has 0 spiro atoms. The Morgan fingerprint density at radius 3 is 2.80 bits per heavy atom. The Morgan fingerprint density at radius 1 is 1.24 bits per heavy atom. The van der Waals surface area contributed by atoms with Crippen LogP contribution in [0.4, 0.5) is 0 Å². The largest absolute Gasteiger partial charge is 0.356 e. The normalized spacial score (nSPS) is 11.6. The van der Waals surface area contributed by atoms with Crippen LogP contribution in [0.5, 0.6) is 0 Å². The number of nitrogens with one attached hydrogen (secondary N) is 2. The summed E-state index contributed by atoms with van der Waals surface area (Å²) in [5.74, 6) is 3.12. The molecule has 2 N–H and O–H groups in total. The van der Waals surface area contributed by atoms with Crippen molar-refractivity contribution in [1.82, 2.24) is 20.2 Å². The first-order valence-corrected chi connectivity index (χ1v) is 10.1. The van der Waals surface area contributed by atoms with Crippen LogP contribution in [0.25, 0.3) is 0 Å². The van der Waals surface area contributed by atoms with Crippen molar-refractivity contribution in [3.63, 3.8) is 0 Å². The molecule has 1 aromatic heterocycles. The van der Waals surface area contributed by atoms with Gasteiger partial charge < -0.3 is 15.2 Å². The molecule has 0 fully saturated rings. The van der Waals surface area contributed by atoms with Gasteiger partial charge in [0.25, 0.3) is 0 Å². The third-order valence-corrected chi connectivity index (χ3v) is 4.72. The number of guanidine groups is 1. The van der Waals surface area contributed by atoms with Crippen LogP contribution in [0.2, 0.25) is 0 Å². The van der Waals surface area contributed by atoms with Gasteiger partial charge in [0.15, 0.2) is 5.96 Å². The number of unbranched alkanes of at least 4 members (excludes halogenated alkanes) is 1. The van der Waals surface area contributed by atoms with E-state index in [-0.39, 0.29) is 0 Å². The number of hydrogen-bond acceptors (Lipinski definition) is 3. The fraction of sp³-hybridized carbons (Fsp3) is 0.474. The van der Waals surface area contributed by atoms with Crippen LogP contribution in [-0.2, 0) is 13.1 Å². The van der Waals surface area contributed by atoms with Gasteiger partial charge in [0.2, 0.25) is 0 Å². The molecule has 0 aliphatic rings. The summed E-state index contributed by atoms with van der Waals surface area (Å²) in [5.41, 5.74) is 2.53. The van der Waals surface area contributed by atoms with Crippen molar-refractivity contribution in [2.75, 3.05) is 25.6 Å². The molecule has 0 unspecified atom stereocenters. The Balaban J connectivity index is 1.81. The third kappa shape index (κ3) is 6.82. The Hall–Kier alpha value is -1.95. The van der Waals surface area contributed by atoms with Crippen LogP contribution in [0.15, 0.2) is 41.7 Å². The van der Waals surface area contributed by atoms with Crippen molar-refractivity contribution in [1.29, 1.82) is 0 Å². The van der Waals surface area contributed by atoms with Gasteiger partial charge in [-0.1, -0.05) is 24.3 Å². The highest BCUT2D eigenvalue weighted by atomic mass is 32.2. The van der Waals surface area contributed by atoms with E-state index in [9.17, 15) is 0 Å². The van der Waals surface area contributed by atoms with Gasteiger partial charge in [-0.2, -0.15) is 11.8 Å². The molecule has 0 saturated heterocycles. The molecule has 1 heterocycles. The van der Waals surface area contributed by atoms with Gasteiger partial charge in [-0.3, -0.25) is 4.99 Å². The van der Waals surface area contributed by atoms with E-state index in [0.717, 1.165) is 31.4 Å². The van der Waals surface area contributed by atoms with Gasteiger partial charge in [0.05, 0.1) is 0 Å². The maximum absolute atomic E-state index is 4.29. The minimum absolute atomic E-state index is 0.765. The molecule has 25 heavy (non-hydrogen) atoms. The maximum Gasteiger partial charge on any atom is 0.191 e. The van der Waals surface area contributed by atoms with E-state index in [2.05, 4.69) is 55.7 Å². The van der Waals surface area contributed by atoms with Crippen molar-refractivity contribution in [2.45, 2.75) is 32.9 Å². The Kier molecular flexibility index (Phi) is 8.39. The molecule has 136 valence electrons. The zero-order valence-corrected chi connectivity index (χ0v) is 16.3. The van der Waals surface area contributed by atoms with Crippen LogP contribution >= 0.6 is 11.8 Å². The molecule has 2 aromatic rings. The molecule has 0 radical (unpaired) electrons. The number of rotatable bonds is 9. The van der Waals surface area contributed by atoms with Crippen LogP contribution < -0.4 is 10.6 Å². The number of thioether (sulfide) groups is 1. The summed E-state index contributed by atoms with van der Waals surface area (Å²) >= 11 is 1.90. The predicted molar refractivity (Wildman–Crippen MR) is 108 cm³/mol. The average Bonchev–Trinajstić information content (AvgIpc) is 3.02. The number of aliphatic imine (C=N–C) groups is 1. The first-order chi connectivity index (χ1) is 12.2. The number of aromatic nitrogens is 2. The molecular formula is C19H29N5S. The minimum atomic E-state index is 0.765. The Labute approximate surface area is 155 Å². The molecule has 0 bridgehead atoms. The van der Waals surface area contributed by atoms with E-state index in [0.29, 0.717) is 0 Å². The van der Waals surface area contributed by atoms with Gasteiger partial charge in [0, 0.05) is 39.1 Å². The molecule has 5 nitrogen and oxygen atoms in total. The van der Waals surface area contributed by atoms with Gasteiger partial charge in [0.1, 0.15) is 5.82 Å². The lowest BCUT2D eigenvalue weighted by Gasteiger charge is -2.13. The lowest BCUT2D eigenvalue weighted by atomic mass is 10.1. The number of benzene rings is 1. The summed E-state index contributed by atoms with van der Waals surface area (Å²) in [6.45, 7) is 4.60. The second-order valence-electron chi connectivity index (χ2n) is 5.97. The van der Waals surface area contributed by atoms with Crippen LogP contribution in [-0.4, -0.2) is 41.1 Å². The zero-order valence-electron chi connectivity index (χ0n) is 15.5. The molecule has 6 heteroatoms. The van der Waals surface area contributed by atoms with Crippen molar-refractivity contribution < 1.29 is 0 Å². The van der Waals surface area contributed by atoms with E-state index in [1.807, 2.05) is 38.1 Å². The van der Waals surface area contributed by atoms with Gasteiger partial charge in [-0.15, -0.1) is 0 Å². The van der Waals surface area contributed by atoms with E-state index < -0.39 is 0 Å². The molecule has 0 atom stereocenters. The van der Waals surface area contributed by atoms with Crippen LogP contribution in [0, 0.1) is 6.92 Å². The smallest absolute Gasteiger partial charge is 0.191 e. The standard InChI is InChI=1S/C19H29N5S/c1-16-21-10-11-24(16)15-18-8-6-7-17(13-18)14-23-19(20-2)22-9-4-5-12-25-3/h6-8,10-11,13H,4-5,9,12,14-15H2,1-3H3,(H2,20,22,23). The Morgan fingerprint density at radius 2 is 2.08 bits per heavy atom. The summed E-state index contributed by atoms with van der Waals surface area (Å²) in [5, 5.41) is 6.76.